The van der Waals surface area contributed by atoms with Gasteiger partial charge in [-0.25, -0.2) is 9.18 Å². The van der Waals surface area contributed by atoms with Crippen LogP contribution in [0.3, 0.4) is 0 Å². The van der Waals surface area contributed by atoms with E-state index in [4.69, 9.17) is 16.7 Å². The second-order valence-corrected chi connectivity index (χ2v) is 4.91. The standard InChI is InChI=1S/C12H14ClFN2O4/c1-12(20,5-10(17)18)6-15-11(19)16-7-2-3-8(13)9(14)4-7/h2-4,20H,5-6H2,1H3,(H,17,18)(H2,15,16,19). The molecule has 0 fully saturated rings. The van der Waals surface area contributed by atoms with E-state index in [2.05, 4.69) is 10.6 Å². The molecule has 1 unspecified atom stereocenters. The predicted molar refractivity (Wildman–Crippen MR) is 71.3 cm³/mol. The maximum absolute atomic E-state index is 13.1. The highest BCUT2D eigenvalue weighted by atomic mass is 35.5. The van der Waals surface area contributed by atoms with E-state index in [1.165, 1.54) is 19.1 Å². The van der Waals surface area contributed by atoms with Gasteiger partial charge in [0, 0.05) is 12.2 Å². The van der Waals surface area contributed by atoms with Gasteiger partial charge in [0.15, 0.2) is 0 Å². The highest BCUT2D eigenvalue weighted by Crippen LogP contribution is 2.18. The van der Waals surface area contributed by atoms with Gasteiger partial charge in [0.1, 0.15) is 5.82 Å². The minimum atomic E-state index is -1.57. The number of rotatable bonds is 5. The smallest absolute Gasteiger partial charge is 0.319 e. The lowest BCUT2D eigenvalue weighted by molar-refractivity contribution is -0.141. The molecule has 0 aromatic heterocycles. The summed E-state index contributed by atoms with van der Waals surface area (Å²) in [7, 11) is 0. The lowest BCUT2D eigenvalue weighted by Crippen LogP contribution is -2.43. The Hall–Kier alpha value is -1.86. The van der Waals surface area contributed by atoms with Gasteiger partial charge < -0.3 is 20.8 Å². The third kappa shape index (κ3) is 5.41. The molecule has 0 heterocycles. The van der Waals surface area contributed by atoms with Crippen LogP contribution in [0.25, 0.3) is 0 Å². The maximum Gasteiger partial charge on any atom is 0.319 e. The fraction of sp³-hybridized carbons (Fsp3) is 0.333. The average Bonchev–Trinajstić information content (AvgIpc) is 2.30. The van der Waals surface area contributed by atoms with E-state index in [1.54, 1.807) is 0 Å². The largest absolute Gasteiger partial charge is 0.481 e. The van der Waals surface area contributed by atoms with E-state index in [0.717, 1.165) is 6.07 Å². The van der Waals surface area contributed by atoms with Crippen molar-refractivity contribution >= 4 is 29.3 Å². The minimum absolute atomic E-state index is 0.0691. The highest BCUT2D eigenvalue weighted by Gasteiger charge is 2.24. The molecule has 20 heavy (non-hydrogen) atoms. The van der Waals surface area contributed by atoms with Gasteiger partial charge in [-0.2, -0.15) is 0 Å². The molecule has 1 atom stereocenters. The quantitative estimate of drug-likeness (QED) is 0.667. The van der Waals surface area contributed by atoms with E-state index >= 15 is 0 Å². The number of carboxylic acids is 1. The molecule has 0 aliphatic rings. The molecule has 110 valence electrons. The normalized spacial score (nSPS) is 13.4. The first-order valence-electron chi connectivity index (χ1n) is 5.64. The lowest BCUT2D eigenvalue weighted by atomic mass is 10.0. The van der Waals surface area contributed by atoms with Gasteiger partial charge in [0.2, 0.25) is 0 Å². The van der Waals surface area contributed by atoms with Crippen LogP contribution in [0, 0.1) is 5.82 Å². The van der Waals surface area contributed by atoms with Crippen LogP contribution in [0.5, 0.6) is 0 Å². The van der Waals surface area contributed by atoms with Gasteiger partial charge in [-0.05, 0) is 25.1 Å². The number of aliphatic hydroxyl groups is 1. The maximum atomic E-state index is 13.1. The summed E-state index contributed by atoms with van der Waals surface area (Å²) in [5.41, 5.74) is -1.39. The number of amides is 2. The molecule has 2 amide bonds. The summed E-state index contributed by atoms with van der Waals surface area (Å²) in [5.74, 6) is -1.86. The Bertz CT molecular complexity index is 522. The number of nitrogens with one attached hydrogen (secondary N) is 2. The molecule has 0 bridgehead atoms. The van der Waals surface area contributed by atoms with Crippen LogP contribution in [-0.2, 0) is 4.79 Å². The van der Waals surface area contributed by atoms with Crippen molar-refractivity contribution in [2.24, 2.45) is 0 Å². The second kappa shape index (κ2) is 6.53. The molecule has 1 rings (SSSR count). The molecule has 0 aliphatic carbocycles. The molecular formula is C12H14ClFN2O4. The van der Waals surface area contributed by atoms with Gasteiger partial charge in [-0.3, -0.25) is 4.79 Å². The Morgan fingerprint density at radius 1 is 1.45 bits per heavy atom. The predicted octanol–water partition coefficient (Wildman–Crippen LogP) is 1.83. The third-order valence-corrected chi connectivity index (χ3v) is 2.65. The third-order valence-electron chi connectivity index (χ3n) is 2.34. The molecule has 0 saturated heterocycles. The van der Waals surface area contributed by atoms with Crippen LogP contribution in [0.4, 0.5) is 14.9 Å². The number of carbonyl (C=O) groups is 2. The number of carbonyl (C=O) groups excluding carboxylic acids is 1. The molecular weight excluding hydrogens is 291 g/mol. The molecule has 0 aliphatic heterocycles. The molecule has 0 radical (unpaired) electrons. The van der Waals surface area contributed by atoms with Gasteiger partial charge in [-0.15, -0.1) is 0 Å². The topological polar surface area (TPSA) is 98.7 Å². The first kappa shape index (κ1) is 16.2. The van der Waals surface area contributed by atoms with Crippen LogP contribution in [-0.4, -0.2) is 34.4 Å². The number of hydrogen-bond acceptors (Lipinski definition) is 3. The molecule has 0 spiro atoms. The van der Waals surface area contributed by atoms with Crippen molar-refractivity contribution in [2.45, 2.75) is 18.9 Å². The lowest BCUT2D eigenvalue weighted by Gasteiger charge is -2.21. The van der Waals surface area contributed by atoms with Crippen molar-refractivity contribution in [3.63, 3.8) is 0 Å². The van der Waals surface area contributed by atoms with Crippen LogP contribution >= 0.6 is 11.6 Å². The van der Waals surface area contributed by atoms with Crippen molar-refractivity contribution in [3.05, 3.63) is 29.0 Å². The van der Waals surface area contributed by atoms with Crippen LogP contribution < -0.4 is 10.6 Å². The van der Waals surface area contributed by atoms with E-state index in [-0.39, 0.29) is 17.3 Å². The van der Waals surface area contributed by atoms with Gasteiger partial charge >= 0.3 is 12.0 Å². The highest BCUT2D eigenvalue weighted by molar-refractivity contribution is 6.30. The molecule has 0 saturated carbocycles. The zero-order valence-electron chi connectivity index (χ0n) is 10.6. The minimum Gasteiger partial charge on any atom is -0.481 e. The van der Waals surface area contributed by atoms with Gasteiger partial charge in [-0.1, -0.05) is 11.6 Å². The summed E-state index contributed by atoms with van der Waals surface area (Å²) in [4.78, 5) is 22.0. The Kier molecular flexibility index (Phi) is 5.29. The number of aliphatic carboxylic acids is 1. The fourth-order valence-electron chi connectivity index (χ4n) is 1.41. The monoisotopic (exact) mass is 304 g/mol. The molecule has 6 nitrogen and oxygen atoms in total. The summed E-state index contributed by atoms with van der Waals surface area (Å²) < 4.78 is 13.1. The van der Waals surface area contributed by atoms with Crippen molar-refractivity contribution in [1.82, 2.24) is 5.32 Å². The molecule has 1 aromatic carbocycles. The van der Waals surface area contributed by atoms with E-state index in [0.29, 0.717) is 0 Å². The number of benzene rings is 1. The van der Waals surface area contributed by atoms with Crippen molar-refractivity contribution in [3.8, 4) is 0 Å². The van der Waals surface area contributed by atoms with E-state index in [9.17, 15) is 19.1 Å². The first-order chi connectivity index (χ1) is 9.19. The van der Waals surface area contributed by atoms with Gasteiger partial charge in [0.05, 0.1) is 17.0 Å². The van der Waals surface area contributed by atoms with Gasteiger partial charge in [0.25, 0.3) is 0 Å². The summed E-state index contributed by atoms with van der Waals surface area (Å²) in [6.45, 7) is 1.02. The SMILES string of the molecule is CC(O)(CNC(=O)Nc1ccc(Cl)c(F)c1)CC(=O)O. The van der Waals surface area contributed by atoms with Crippen LogP contribution in [0.15, 0.2) is 18.2 Å². The summed E-state index contributed by atoms with van der Waals surface area (Å²) >= 11 is 5.49. The Morgan fingerprint density at radius 2 is 2.10 bits per heavy atom. The number of halogens is 2. The first-order valence-corrected chi connectivity index (χ1v) is 6.01. The zero-order valence-corrected chi connectivity index (χ0v) is 11.4. The number of urea groups is 1. The molecule has 4 N–H and O–H groups in total. The Balaban J connectivity index is 2.51. The number of anilines is 1. The Labute approximate surface area is 119 Å². The number of hydrogen-bond donors (Lipinski definition) is 4. The van der Waals surface area contributed by atoms with Crippen LogP contribution in [0.2, 0.25) is 5.02 Å². The summed E-state index contributed by atoms with van der Waals surface area (Å²) in [6.07, 6.45) is -0.511. The van der Waals surface area contributed by atoms with Crippen molar-refractivity contribution in [1.29, 1.82) is 0 Å². The van der Waals surface area contributed by atoms with Crippen molar-refractivity contribution < 1.29 is 24.2 Å². The second-order valence-electron chi connectivity index (χ2n) is 4.50. The molecule has 8 heteroatoms. The molecule has 1 aromatic rings. The number of carboxylic acid groups (broad SMARTS) is 1. The average molecular weight is 305 g/mol. The van der Waals surface area contributed by atoms with E-state index in [1.807, 2.05) is 0 Å². The van der Waals surface area contributed by atoms with E-state index < -0.39 is 29.8 Å². The summed E-state index contributed by atoms with van der Waals surface area (Å²) in [6, 6.07) is 3.03. The van der Waals surface area contributed by atoms with Crippen LogP contribution in [0.1, 0.15) is 13.3 Å². The summed E-state index contributed by atoms with van der Waals surface area (Å²) in [5, 5.41) is 22.8. The zero-order chi connectivity index (χ0) is 15.3. The Morgan fingerprint density at radius 3 is 2.65 bits per heavy atom. The fourth-order valence-corrected chi connectivity index (χ4v) is 1.53. The van der Waals surface area contributed by atoms with Crippen molar-refractivity contribution in [2.75, 3.05) is 11.9 Å².